The molecule has 3 nitrogen and oxygen atoms in total. The van der Waals surface area contributed by atoms with E-state index >= 15 is 0 Å². The van der Waals surface area contributed by atoms with Gasteiger partial charge in [0.05, 0.1) is 6.10 Å². The second kappa shape index (κ2) is 3.38. The highest BCUT2D eigenvalue weighted by atomic mass is 16.4. The van der Waals surface area contributed by atoms with Crippen LogP contribution in [-0.2, 0) is 4.79 Å². The second-order valence-electron chi connectivity index (χ2n) is 7.40. The number of rotatable bonds is 1. The minimum atomic E-state index is -0.772. The summed E-state index contributed by atoms with van der Waals surface area (Å²) in [4.78, 5) is 11.4. The molecule has 0 heterocycles. The van der Waals surface area contributed by atoms with Gasteiger partial charge in [-0.05, 0) is 48.5 Å². The summed E-state index contributed by atoms with van der Waals surface area (Å²) in [5.74, 6) is -0.200. The molecule has 3 heteroatoms. The first kappa shape index (κ1) is 12.2. The predicted molar refractivity (Wildman–Crippen MR) is 68.0 cm³/mol. The summed E-state index contributed by atoms with van der Waals surface area (Å²) in [5, 5.41) is 20.0. The molecule has 100 valence electrons. The summed E-state index contributed by atoms with van der Waals surface area (Å²) in [6.45, 7) is 6.52. The molecule has 0 bridgehead atoms. The maximum Gasteiger partial charge on any atom is 0.331 e. The molecular weight excluding hydrogens is 228 g/mol. The molecule has 4 atom stereocenters. The average Bonchev–Trinajstić information content (AvgIpc) is 2.79. The van der Waals surface area contributed by atoms with Crippen molar-refractivity contribution in [2.75, 3.05) is 0 Å². The van der Waals surface area contributed by atoms with Crippen LogP contribution in [0.5, 0.6) is 0 Å². The van der Waals surface area contributed by atoms with Crippen LogP contribution in [0.1, 0.15) is 46.5 Å². The molecule has 0 amide bonds. The number of carboxylic acids is 1. The van der Waals surface area contributed by atoms with Gasteiger partial charge < -0.3 is 10.2 Å². The average molecular weight is 250 g/mol. The highest BCUT2D eigenvalue weighted by Gasteiger charge is 2.61. The van der Waals surface area contributed by atoms with Crippen LogP contribution in [0.2, 0.25) is 0 Å². The van der Waals surface area contributed by atoms with Crippen molar-refractivity contribution in [3.8, 4) is 0 Å². The first-order valence-corrected chi connectivity index (χ1v) is 6.91. The van der Waals surface area contributed by atoms with E-state index in [0.717, 1.165) is 24.8 Å². The van der Waals surface area contributed by atoms with Crippen LogP contribution in [0.4, 0.5) is 0 Å². The van der Waals surface area contributed by atoms with Crippen LogP contribution in [0.3, 0.4) is 0 Å². The molecule has 0 aromatic rings. The third-order valence-corrected chi connectivity index (χ3v) is 5.60. The van der Waals surface area contributed by atoms with Gasteiger partial charge in [-0.15, -0.1) is 0 Å². The standard InChI is InChI=1S/C15H22O3/c1-14(2)6-9-10(7-14)12(16)15(3)5-4-8(11(9)15)13(17)18/h9-10,12,16H,4-7H2,1-3H3,(H,17,18). The molecule has 0 aromatic carbocycles. The summed E-state index contributed by atoms with van der Waals surface area (Å²) in [6.07, 6.45) is 3.12. The molecule has 3 rings (SSSR count). The smallest absolute Gasteiger partial charge is 0.331 e. The lowest BCUT2D eigenvalue weighted by Gasteiger charge is -2.30. The first-order chi connectivity index (χ1) is 8.26. The van der Waals surface area contributed by atoms with E-state index in [1.54, 1.807) is 0 Å². The Morgan fingerprint density at radius 3 is 2.56 bits per heavy atom. The van der Waals surface area contributed by atoms with Crippen molar-refractivity contribution >= 4 is 5.97 Å². The Kier molecular flexibility index (Phi) is 2.30. The van der Waals surface area contributed by atoms with Gasteiger partial charge in [0.15, 0.2) is 0 Å². The van der Waals surface area contributed by atoms with Crippen molar-refractivity contribution in [2.45, 2.75) is 52.6 Å². The Labute approximate surface area is 108 Å². The largest absolute Gasteiger partial charge is 0.478 e. The lowest BCUT2D eigenvalue weighted by atomic mass is 9.77. The van der Waals surface area contributed by atoms with Crippen molar-refractivity contribution in [3.05, 3.63) is 11.1 Å². The summed E-state index contributed by atoms with van der Waals surface area (Å²) in [6, 6.07) is 0. The third kappa shape index (κ3) is 1.37. The Morgan fingerprint density at radius 1 is 1.28 bits per heavy atom. The van der Waals surface area contributed by atoms with Crippen molar-refractivity contribution < 1.29 is 15.0 Å². The zero-order valence-electron chi connectivity index (χ0n) is 11.4. The second-order valence-corrected chi connectivity index (χ2v) is 7.40. The van der Waals surface area contributed by atoms with E-state index in [4.69, 9.17) is 0 Å². The predicted octanol–water partition coefficient (Wildman–Crippen LogP) is 2.59. The van der Waals surface area contributed by atoms with Crippen molar-refractivity contribution in [1.29, 1.82) is 0 Å². The minimum Gasteiger partial charge on any atom is -0.478 e. The van der Waals surface area contributed by atoms with Gasteiger partial charge in [-0.25, -0.2) is 4.79 Å². The fourth-order valence-electron chi connectivity index (χ4n) is 4.91. The maximum absolute atomic E-state index is 11.4. The quantitative estimate of drug-likeness (QED) is 0.752. The van der Waals surface area contributed by atoms with E-state index in [9.17, 15) is 15.0 Å². The Hall–Kier alpha value is -0.830. The number of hydrogen-bond acceptors (Lipinski definition) is 2. The summed E-state index contributed by atoms with van der Waals surface area (Å²) in [7, 11) is 0. The molecule has 2 fully saturated rings. The summed E-state index contributed by atoms with van der Waals surface area (Å²) >= 11 is 0. The monoisotopic (exact) mass is 250 g/mol. The van der Waals surface area contributed by atoms with Gasteiger partial charge in [0.1, 0.15) is 0 Å². The van der Waals surface area contributed by atoms with E-state index in [2.05, 4.69) is 20.8 Å². The Bertz CT molecular complexity index is 449. The third-order valence-electron chi connectivity index (χ3n) is 5.60. The van der Waals surface area contributed by atoms with Crippen LogP contribution in [0.25, 0.3) is 0 Å². The zero-order valence-corrected chi connectivity index (χ0v) is 11.4. The molecular formula is C15H22O3. The van der Waals surface area contributed by atoms with Crippen LogP contribution >= 0.6 is 0 Å². The summed E-state index contributed by atoms with van der Waals surface area (Å²) < 4.78 is 0. The number of aliphatic hydroxyl groups excluding tert-OH is 1. The van der Waals surface area contributed by atoms with Crippen LogP contribution in [0, 0.1) is 22.7 Å². The number of carbonyl (C=O) groups is 1. The van der Waals surface area contributed by atoms with Gasteiger partial charge in [-0.3, -0.25) is 0 Å². The topological polar surface area (TPSA) is 57.5 Å². The molecule has 0 aromatic heterocycles. The number of hydrogen-bond donors (Lipinski definition) is 2. The fraction of sp³-hybridized carbons (Fsp3) is 0.800. The van der Waals surface area contributed by atoms with E-state index < -0.39 is 5.97 Å². The molecule has 0 aliphatic heterocycles. The molecule has 2 N–H and O–H groups in total. The molecule has 3 aliphatic rings. The zero-order chi connectivity index (χ0) is 13.3. The van der Waals surface area contributed by atoms with Gasteiger partial charge >= 0.3 is 5.97 Å². The van der Waals surface area contributed by atoms with Crippen molar-refractivity contribution in [2.24, 2.45) is 22.7 Å². The highest BCUT2D eigenvalue weighted by Crippen LogP contribution is 2.65. The number of aliphatic hydroxyl groups is 1. The molecule has 0 radical (unpaired) electrons. The summed E-state index contributed by atoms with van der Waals surface area (Å²) in [5.41, 5.74) is 1.65. The normalized spacial score (nSPS) is 45.2. The van der Waals surface area contributed by atoms with Crippen molar-refractivity contribution in [3.63, 3.8) is 0 Å². The lowest BCUT2D eigenvalue weighted by molar-refractivity contribution is -0.132. The Morgan fingerprint density at radius 2 is 1.94 bits per heavy atom. The van der Waals surface area contributed by atoms with Gasteiger partial charge in [0.25, 0.3) is 0 Å². The van der Waals surface area contributed by atoms with Crippen molar-refractivity contribution in [1.82, 2.24) is 0 Å². The van der Waals surface area contributed by atoms with E-state index in [0.29, 0.717) is 17.9 Å². The highest BCUT2D eigenvalue weighted by molar-refractivity contribution is 5.89. The van der Waals surface area contributed by atoms with Gasteiger partial charge in [-0.2, -0.15) is 0 Å². The van der Waals surface area contributed by atoms with Gasteiger partial charge in [0, 0.05) is 11.0 Å². The molecule has 18 heavy (non-hydrogen) atoms. The van der Waals surface area contributed by atoms with E-state index in [-0.39, 0.29) is 22.9 Å². The minimum absolute atomic E-state index is 0.233. The molecule has 0 spiro atoms. The SMILES string of the molecule is CC1(C)CC2C3=C(C(=O)O)CCC3(C)C(O)C2C1. The molecule has 2 saturated carbocycles. The number of carboxylic acid groups (broad SMARTS) is 1. The maximum atomic E-state index is 11.4. The first-order valence-electron chi connectivity index (χ1n) is 6.91. The fourth-order valence-corrected chi connectivity index (χ4v) is 4.91. The van der Waals surface area contributed by atoms with E-state index in [1.807, 2.05) is 0 Å². The lowest BCUT2D eigenvalue weighted by Crippen LogP contribution is -2.31. The van der Waals surface area contributed by atoms with Crippen LogP contribution in [-0.4, -0.2) is 22.3 Å². The Balaban J connectivity index is 2.09. The number of aliphatic carboxylic acids is 1. The molecule has 0 saturated heterocycles. The van der Waals surface area contributed by atoms with Crippen LogP contribution < -0.4 is 0 Å². The van der Waals surface area contributed by atoms with Gasteiger partial charge in [0.2, 0.25) is 0 Å². The van der Waals surface area contributed by atoms with Crippen LogP contribution in [0.15, 0.2) is 11.1 Å². The van der Waals surface area contributed by atoms with E-state index in [1.165, 1.54) is 0 Å². The number of fused-ring (bicyclic) bond motifs is 3. The molecule has 4 unspecified atom stereocenters. The van der Waals surface area contributed by atoms with Gasteiger partial charge in [-0.1, -0.05) is 20.8 Å². The molecule has 3 aliphatic carbocycles.